The molecule has 2 rings (SSSR count). The molecule has 4 heteroatoms. The molecule has 0 saturated carbocycles. The summed E-state index contributed by atoms with van der Waals surface area (Å²) in [6.45, 7) is 0. The van der Waals surface area contributed by atoms with Crippen LogP contribution in [0.3, 0.4) is 0 Å². The van der Waals surface area contributed by atoms with Crippen LogP contribution in [0.2, 0.25) is 0 Å². The summed E-state index contributed by atoms with van der Waals surface area (Å²) in [5.41, 5.74) is 7.36. The largest absolute Gasteiger partial charge is 0.382 e. The number of hydrogen-bond donors (Lipinski definition) is 1. The van der Waals surface area contributed by atoms with E-state index in [1.54, 1.807) is 10.9 Å². The summed E-state index contributed by atoms with van der Waals surface area (Å²) >= 11 is 0. The average Bonchev–Trinajstić information content (AvgIpc) is 2.63. The normalized spacial score (nSPS) is 10.1. The molecule has 0 bridgehead atoms. The number of para-hydroxylation sites is 1. The summed E-state index contributed by atoms with van der Waals surface area (Å²) < 4.78 is 1.67. The van der Waals surface area contributed by atoms with E-state index in [0.717, 1.165) is 17.5 Å². The third-order valence-corrected chi connectivity index (χ3v) is 2.15. The van der Waals surface area contributed by atoms with Crippen molar-refractivity contribution in [3.05, 3.63) is 42.1 Å². The first-order valence-corrected chi connectivity index (χ1v) is 4.64. The van der Waals surface area contributed by atoms with Crippen molar-refractivity contribution in [2.45, 2.75) is 6.42 Å². The number of anilines is 1. The number of rotatable bonds is 3. The number of nitrogen functional groups attached to an aromatic ring is 1. The summed E-state index contributed by atoms with van der Waals surface area (Å²) in [4.78, 5) is 10.4. The molecule has 0 saturated heterocycles. The number of aromatic nitrogens is 2. The second-order valence-electron chi connectivity index (χ2n) is 3.19. The molecule has 0 amide bonds. The van der Waals surface area contributed by atoms with Crippen molar-refractivity contribution in [3.63, 3.8) is 0 Å². The van der Waals surface area contributed by atoms with E-state index in [4.69, 9.17) is 5.73 Å². The Balaban J connectivity index is 2.38. The maximum atomic E-state index is 10.4. The third kappa shape index (κ3) is 1.88. The highest BCUT2D eigenvalue weighted by molar-refractivity contribution is 5.59. The lowest BCUT2D eigenvalue weighted by Crippen LogP contribution is -1.95. The van der Waals surface area contributed by atoms with Crippen LogP contribution in [0.5, 0.6) is 0 Å². The molecule has 0 aliphatic carbocycles. The van der Waals surface area contributed by atoms with Crippen molar-refractivity contribution in [2.24, 2.45) is 0 Å². The zero-order chi connectivity index (χ0) is 10.7. The van der Waals surface area contributed by atoms with Gasteiger partial charge >= 0.3 is 0 Å². The molecule has 1 aromatic heterocycles. The summed E-state index contributed by atoms with van der Waals surface area (Å²) in [5.74, 6) is 0.408. The number of aldehydes is 1. The van der Waals surface area contributed by atoms with Gasteiger partial charge in [0.15, 0.2) is 0 Å². The Bertz CT molecular complexity index is 462. The molecule has 2 aromatic rings. The van der Waals surface area contributed by atoms with Crippen molar-refractivity contribution in [2.75, 3.05) is 5.73 Å². The number of carbonyl (C=O) groups is 1. The van der Waals surface area contributed by atoms with Crippen molar-refractivity contribution in [3.8, 4) is 5.69 Å². The monoisotopic (exact) mass is 201 g/mol. The predicted molar refractivity (Wildman–Crippen MR) is 57.7 cm³/mol. The Morgan fingerprint density at radius 2 is 2.07 bits per heavy atom. The molecule has 0 aliphatic rings. The van der Waals surface area contributed by atoms with Gasteiger partial charge in [0.2, 0.25) is 0 Å². The van der Waals surface area contributed by atoms with Crippen molar-refractivity contribution >= 4 is 12.1 Å². The van der Waals surface area contributed by atoms with Crippen LogP contribution in [-0.4, -0.2) is 16.1 Å². The fourth-order valence-electron chi connectivity index (χ4n) is 1.38. The number of hydrogen-bond acceptors (Lipinski definition) is 3. The van der Waals surface area contributed by atoms with E-state index in [-0.39, 0.29) is 0 Å². The van der Waals surface area contributed by atoms with Crippen LogP contribution in [-0.2, 0) is 11.2 Å². The Kier molecular flexibility index (Phi) is 2.49. The standard InChI is InChI=1S/C11H11N3O/c12-11-9(6-7-15)8-14(13-11)10-4-2-1-3-5-10/h1-5,7-8H,6H2,(H2,12,13). The summed E-state index contributed by atoms with van der Waals surface area (Å²) in [7, 11) is 0. The number of benzene rings is 1. The van der Waals surface area contributed by atoms with Gasteiger partial charge in [0, 0.05) is 18.2 Å². The first kappa shape index (κ1) is 9.45. The molecule has 0 radical (unpaired) electrons. The minimum atomic E-state index is 0.304. The maximum absolute atomic E-state index is 10.4. The summed E-state index contributed by atoms with van der Waals surface area (Å²) in [5, 5.41) is 4.14. The van der Waals surface area contributed by atoms with Crippen molar-refractivity contribution in [1.29, 1.82) is 0 Å². The second kappa shape index (κ2) is 3.96. The zero-order valence-electron chi connectivity index (χ0n) is 8.13. The lowest BCUT2D eigenvalue weighted by atomic mass is 10.2. The average molecular weight is 201 g/mol. The molecule has 0 unspecified atom stereocenters. The topological polar surface area (TPSA) is 60.9 Å². The van der Waals surface area contributed by atoms with Gasteiger partial charge in [0.1, 0.15) is 12.1 Å². The number of nitrogens with two attached hydrogens (primary N) is 1. The van der Waals surface area contributed by atoms with E-state index in [1.807, 2.05) is 30.3 Å². The van der Waals surface area contributed by atoms with Gasteiger partial charge in [-0.15, -0.1) is 0 Å². The molecule has 0 spiro atoms. The first-order chi connectivity index (χ1) is 7.31. The van der Waals surface area contributed by atoms with E-state index in [2.05, 4.69) is 5.10 Å². The molecule has 0 fully saturated rings. The predicted octanol–water partition coefficient (Wildman–Crippen LogP) is 1.20. The molecular formula is C11H11N3O. The van der Waals surface area contributed by atoms with Crippen LogP contribution in [0.15, 0.2) is 36.5 Å². The van der Waals surface area contributed by atoms with Gasteiger partial charge in [-0.1, -0.05) is 18.2 Å². The van der Waals surface area contributed by atoms with Crippen molar-refractivity contribution < 1.29 is 4.79 Å². The van der Waals surface area contributed by atoms with Crippen molar-refractivity contribution in [1.82, 2.24) is 9.78 Å². The van der Waals surface area contributed by atoms with Gasteiger partial charge in [-0.25, -0.2) is 4.68 Å². The Hall–Kier alpha value is -2.10. The quantitative estimate of drug-likeness (QED) is 0.759. The summed E-state index contributed by atoms with van der Waals surface area (Å²) in [6.07, 6.45) is 2.90. The molecule has 76 valence electrons. The van der Waals surface area contributed by atoms with Gasteiger partial charge in [-0.05, 0) is 12.1 Å². The third-order valence-electron chi connectivity index (χ3n) is 2.15. The Labute approximate surface area is 87.3 Å². The highest BCUT2D eigenvalue weighted by atomic mass is 16.1. The Morgan fingerprint density at radius 1 is 1.33 bits per heavy atom. The van der Waals surface area contributed by atoms with E-state index < -0.39 is 0 Å². The fourth-order valence-corrected chi connectivity index (χ4v) is 1.38. The highest BCUT2D eigenvalue weighted by Gasteiger charge is 2.05. The minimum absolute atomic E-state index is 0.304. The van der Waals surface area contributed by atoms with Gasteiger partial charge < -0.3 is 10.5 Å². The van der Waals surface area contributed by atoms with Crippen LogP contribution >= 0.6 is 0 Å². The molecule has 1 heterocycles. The van der Waals surface area contributed by atoms with E-state index in [1.165, 1.54) is 0 Å². The van der Waals surface area contributed by atoms with E-state index in [9.17, 15) is 4.79 Å². The second-order valence-corrected chi connectivity index (χ2v) is 3.19. The molecule has 1 aromatic carbocycles. The Morgan fingerprint density at radius 3 is 2.73 bits per heavy atom. The smallest absolute Gasteiger partial charge is 0.149 e. The molecule has 0 aliphatic heterocycles. The van der Waals surface area contributed by atoms with Crippen LogP contribution < -0.4 is 5.73 Å². The first-order valence-electron chi connectivity index (χ1n) is 4.64. The fraction of sp³-hybridized carbons (Fsp3) is 0.0909. The van der Waals surface area contributed by atoms with Gasteiger partial charge in [0.05, 0.1) is 5.69 Å². The molecule has 0 atom stereocenters. The molecule has 15 heavy (non-hydrogen) atoms. The van der Waals surface area contributed by atoms with Gasteiger partial charge in [-0.2, -0.15) is 5.10 Å². The van der Waals surface area contributed by atoms with Gasteiger partial charge in [-0.3, -0.25) is 0 Å². The molecule has 2 N–H and O–H groups in total. The van der Waals surface area contributed by atoms with Crippen LogP contribution in [0.25, 0.3) is 5.69 Å². The van der Waals surface area contributed by atoms with Crippen LogP contribution in [0, 0.1) is 0 Å². The van der Waals surface area contributed by atoms with E-state index in [0.29, 0.717) is 12.2 Å². The zero-order valence-corrected chi connectivity index (χ0v) is 8.13. The molecule has 4 nitrogen and oxygen atoms in total. The summed E-state index contributed by atoms with van der Waals surface area (Å²) in [6, 6.07) is 9.64. The lowest BCUT2D eigenvalue weighted by molar-refractivity contribution is -0.107. The highest BCUT2D eigenvalue weighted by Crippen LogP contribution is 2.13. The SMILES string of the molecule is Nc1nn(-c2ccccc2)cc1CC=O. The van der Waals surface area contributed by atoms with E-state index >= 15 is 0 Å². The van der Waals surface area contributed by atoms with Crippen LogP contribution in [0.1, 0.15) is 5.56 Å². The minimum Gasteiger partial charge on any atom is -0.382 e. The lowest BCUT2D eigenvalue weighted by Gasteiger charge is -1.98. The number of nitrogens with zero attached hydrogens (tertiary/aromatic N) is 2. The molecular weight excluding hydrogens is 190 g/mol. The van der Waals surface area contributed by atoms with Crippen LogP contribution in [0.4, 0.5) is 5.82 Å². The van der Waals surface area contributed by atoms with Gasteiger partial charge in [0.25, 0.3) is 0 Å². The maximum Gasteiger partial charge on any atom is 0.149 e. The number of carbonyl (C=O) groups excluding carboxylic acids is 1.